The summed E-state index contributed by atoms with van der Waals surface area (Å²) in [7, 11) is 0. The predicted molar refractivity (Wildman–Crippen MR) is 87.2 cm³/mol. The number of pyridine rings is 1. The van der Waals surface area contributed by atoms with E-state index in [-0.39, 0.29) is 17.2 Å². The van der Waals surface area contributed by atoms with Gasteiger partial charge in [-0.2, -0.15) is 0 Å². The molecule has 0 aromatic carbocycles. The standard InChI is InChI=1S/C17H24N2O5/c1-12-14(17(21)22)3-4-15(19-12)16(20)18-7-2-8-24-11-13-5-9-23-10-6-13/h3-4,13H,2,5-11H2,1H3,(H,18,20)(H,21,22). The summed E-state index contributed by atoms with van der Waals surface area (Å²) < 4.78 is 10.9. The van der Waals surface area contributed by atoms with Gasteiger partial charge in [0.2, 0.25) is 0 Å². The van der Waals surface area contributed by atoms with Gasteiger partial charge in [-0.3, -0.25) is 4.79 Å². The minimum Gasteiger partial charge on any atom is -0.478 e. The van der Waals surface area contributed by atoms with E-state index in [9.17, 15) is 9.59 Å². The summed E-state index contributed by atoms with van der Waals surface area (Å²) in [6.45, 7) is 5.05. The largest absolute Gasteiger partial charge is 0.478 e. The lowest BCUT2D eigenvalue weighted by molar-refractivity contribution is 0.0202. The van der Waals surface area contributed by atoms with Crippen LogP contribution in [0.3, 0.4) is 0 Å². The molecule has 0 atom stereocenters. The third-order valence-electron chi connectivity index (χ3n) is 3.99. The number of nitrogens with zero attached hydrogens (tertiary/aromatic N) is 1. The van der Waals surface area contributed by atoms with Gasteiger partial charge in [-0.1, -0.05) is 0 Å². The van der Waals surface area contributed by atoms with Gasteiger partial charge in [0, 0.05) is 33.0 Å². The molecule has 2 rings (SSSR count). The number of amides is 1. The van der Waals surface area contributed by atoms with E-state index in [2.05, 4.69) is 10.3 Å². The summed E-state index contributed by atoms with van der Waals surface area (Å²) >= 11 is 0. The van der Waals surface area contributed by atoms with Crippen molar-refractivity contribution in [2.75, 3.05) is 33.0 Å². The fraction of sp³-hybridized carbons (Fsp3) is 0.588. The topological polar surface area (TPSA) is 97.8 Å². The van der Waals surface area contributed by atoms with Crippen LogP contribution in [0, 0.1) is 12.8 Å². The quantitative estimate of drug-likeness (QED) is 0.701. The Morgan fingerprint density at radius 2 is 2.12 bits per heavy atom. The zero-order valence-electron chi connectivity index (χ0n) is 13.9. The van der Waals surface area contributed by atoms with E-state index in [1.54, 1.807) is 6.92 Å². The number of hydrogen-bond donors (Lipinski definition) is 2. The molecule has 24 heavy (non-hydrogen) atoms. The van der Waals surface area contributed by atoms with Crippen molar-refractivity contribution in [1.29, 1.82) is 0 Å². The highest BCUT2D eigenvalue weighted by Gasteiger charge is 2.14. The van der Waals surface area contributed by atoms with Crippen LogP contribution >= 0.6 is 0 Å². The van der Waals surface area contributed by atoms with Crippen LogP contribution in [0.2, 0.25) is 0 Å². The third-order valence-corrected chi connectivity index (χ3v) is 3.99. The molecule has 1 aromatic heterocycles. The maximum absolute atomic E-state index is 12.0. The first-order valence-electron chi connectivity index (χ1n) is 8.22. The van der Waals surface area contributed by atoms with Crippen molar-refractivity contribution < 1.29 is 24.2 Å². The highest BCUT2D eigenvalue weighted by atomic mass is 16.5. The maximum atomic E-state index is 12.0. The lowest BCUT2D eigenvalue weighted by atomic mass is 10.0. The van der Waals surface area contributed by atoms with Crippen molar-refractivity contribution in [3.63, 3.8) is 0 Å². The van der Waals surface area contributed by atoms with Gasteiger partial charge in [-0.05, 0) is 44.2 Å². The second-order valence-corrected chi connectivity index (χ2v) is 5.87. The molecule has 1 amide bonds. The average Bonchev–Trinajstić information content (AvgIpc) is 2.58. The van der Waals surface area contributed by atoms with Crippen LogP contribution in [-0.2, 0) is 9.47 Å². The molecule has 0 saturated carbocycles. The monoisotopic (exact) mass is 336 g/mol. The maximum Gasteiger partial charge on any atom is 0.337 e. The van der Waals surface area contributed by atoms with Crippen molar-refractivity contribution in [1.82, 2.24) is 10.3 Å². The molecule has 7 nitrogen and oxygen atoms in total. The van der Waals surface area contributed by atoms with Gasteiger partial charge in [-0.25, -0.2) is 9.78 Å². The summed E-state index contributed by atoms with van der Waals surface area (Å²) in [4.78, 5) is 26.9. The number of ether oxygens (including phenoxy) is 2. The Kier molecular flexibility index (Phi) is 7.14. The van der Waals surface area contributed by atoms with Gasteiger partial charge >= 0.3 is 5.97 Å². The van der Waals surface area contributed by atoms with Gasteiger partial charge < -0.3 is 19.9 Å². The van der Waals surface area contributed by atoms with Gasteiger partial charge in [0.25, 0.3) is 5.91 Å². The summed E-state index contributed by atoms with van der Waals surface area (Å²) in [6, 6.07) is 2.82. The molecule has 132 valence electrons. The lowest BCUT2D eigenvalue weighted by Gasteiger charge is -2.21. The second-order valence-electron chi connectivity index (χ2n) is 5.87. The van der Waals surface area contributed by atoms with Gasteiger partial charge in [0.1, 0.15) is 5.69 Å². The smallest absolute Gasteiger partial charge is 0.337 e. The van der Waals surface area contributed by atoms with Crippen LogP contribution in [0.1, 0.15) is 45.8 Å². The summed E-state index contributed by atoms with van der Waals surface area (Å²) in [5.41, 5.74) is 0.656. The number of aromatic carboxylic acids is 1. The molecule has 1 aliphatic heterocycles. The highest BCUT2D eigenvalue weighted by Crippen LogP contribution is 2.14. The van der Waals surface area contributed by atoms with Crippen LogP contribution in [0.5, 0.6) is 0 Å². The molecule has 1 saturated heterocycles. The molecule has 7 heteroatoms. The molecule has 1 aromatic rings. The van der Waals surface area contributed by atoms with Gasteiger partial charge in [0.15, 0.2) is 0 Å². The first-order chi connectivity index (χ1) is 11.6. The average molecular weight is 336 g/mol. The number of carboxylic acid groups (broad SMARTS) is 1. The molecule has 2 heterocycles. The number of carbonyl (C=O) groups is 2. The zero-order valence-corrected chi connectivity index (χ0v) is 13.9. The Morgan fingerprint density at radius 1 is 1.38 bits per heavy atom. The van der Waals surface area contributed by atoms with Crippen LogP contribution in [0.4, 0.5) is 0 Å². The van der Waals surface area contributed by atoms with Crippen LogP contribution in [0.25, 0.3) is 0 Å². The van der Waals surface area contributed by atoms with Crippen molar-refractivity contribution in [2.24, 2.45) is 5.92 Å². The number of nitrogens with one attached hydrogen (secondary N) is 1. The van der Waals surface area contributed by atoms with Gasteiger partial charge in [-0.15, -0.1) is 0 Å². The minimum atomic E-state index is -1.05. The predicted octanol–water partition coefficient (Wildman–Crippen LogP) is 1.65. The van der Waals surface area contributed by atoms with E-state index in [0.717, 1.165) is 39.1 Å². The molecule has 0 spiro atoms. The summed E-state index contributed by atoms with van der Waals surface area (Å²) in [5.74, 6) is -0.777. The molecule has 0 aliphatic carbocycles. The number of carboxylic acids is 1. The summed E-state index contributed by atoms with van der Waals surface area (Å²) in [5, 5.41) is 11.7. The van der Waals surface area contributed by atoms with E-state index >= 15 is 0 Å². The molecule has 2 N–H and O–H groups in total. The van der Waals surface area contributed by atoms with E-state index in [4.69, 9.17) is 14.6 Å². The lowest BCUT2D eigenvalue weighted by Crippen LogP contribution is -2.27. The zero-order chi connectivity index (χ0) is 17.4. The van der Waals surface area contributed by atoms with Crippen molar-refractivity contribution >= 4 is 11.9 Å². The van der Waals surface area contributed by atoms with E-state index in [1.165, 1.54) is 12.1 Å². The third kappa shape index (κ3) is 5.58. The van der Waals surface area contributed by atoms with Crippen LogP contribution in [-0.4, -0.2) is 54.9 Å². The number of hydrogen-bond acceptors (Lipinski definition) is 5. The Hall–Kier alpha value is -1.99. The van der Waals surface area contributed by atoms with E-state index in [1.807, 2.05) is 0 Å². The molecular weight excluding hydrogens is 312 g/mol. The normalized spacial score (nSPS) is 15.2. The molecule has 0 unspecified atom stereocenters. The van der Waals surface area contributed by atoms with Gasteiger partial charge in [0.05, 0.1) is 11.3 Å². The minimum absolute atomic E-state index is 0.105. The number of aromatic nitrogens is 1. The molecule has 1 aliphatic rings. The number of rotatable bonds is 8. The first-order valence-corrected chi connectivity index (χ1v) is 8.22. The molecule has 0 bridgehead atoms. The molecular formula is C17H24N2O5. The van der Waals surface area contributed by atoms with Crippen molar-refractivity contribution in [3.05, 3.63) is 29.1 Å². The Labute approximate surface area is 141 Å². The Balaban J connectivity index is 1.64. The molecule has 1 fully saturated rings. The van der Waals surface area contributed by atoms with E-state index < -0.39 is 5.97 Å². The fourth-order valence-electron chi connectivity index (χ4n) is 2.54. The fourth-order valence-corrected chi connectivity index (χ4v) is 2.54. The molecule has 0 radical (unpaired) electrons. The SMILES string of the molecule is Cc1nc(C(=O)NCCCOCC2CCOCC2)ccc1C(=O)O. The highest BCUT2D eigenvalue weighted by molar-refractivity contribution is 5.94. The number of aryl methyl sites for hydroxylation is 1. The first kappa shape index (κ1) is 18.4. The van der Waals surface area contributed by atoms with Crippen molar-refractivity contribution in [3.8, 4) is 0 Å². The van der Waals surface area contributed by atoms with Crippen LogP contribution in [0.15, 0.2) is 12.1 Å². The Morgan fingerprint density at radius 3 is 2.79 bits per heavy atom. The van der Waals surface area contributed by atoms with E-state index in [0.29, 0.717) is 24.8 Å². The summed E-state index contributed by atoms with van der Waals surface area (Å²) in [6.07, 6.45) is 2.82. The van der Waals surface area contributed by atoms with Crippen molar-refractivity contribution in [2.45, 2.75) is 26.2 Å². The number of carbonyl (C=O) groups excluding carboxylic acids is 1. The Bertz CT molecular complexity index is 570. The second kappa shape index (κ2) is 9.34. The van der Waals surface area contributed by atoms with Crippen LogP contribution < -0.4 is 5.32 Å².